The number of hydrogen-bond donors (Lipinski definition) is 3. The van der Waals surface area contributed by atoms with Crippen molar-refractivity contribution in [3.8, 4) is 0 Å². The Morgan fingerprint density at radius 1 is 1.18 bits per heavy atom. The van der Waals surface area contributed by atoms with E-state index in [0.717, 1.165) is 0 Å². The molecule has 5 nitrogen and oxygen atoms in total. The van der Waals surface area contributed by atoms with Crippen LogP contribution in [0.25, 0.3) is 0 Å². The van der Waals surface area contributed by atoms with Gasteiger partial charge in [0, 0.05) is 6.42 Å². The molecule has 1 unspecified atom stereocenters. The van der Waals surface area contributed by atoms with Gasteiger partial charge in [0.05, 0.1) is 5.57 Å². The summed E-state index contributed by atoms with van der Waals surface area (Å²) < 4.78 is 0. The molecule has 3 N–H and O–H groups in total. The Hall–Kier alpha value is -2.14. The molecule has 0 heterocycles. The normalized spacial score (nSPS) is 13.7. The lowest BCUT2D eigenvalue weighted by molar-refractivity contribution is -0.157. The Bertz CT molecular complexity index is 451. The lowest BCUT2D eigenvalue weighted by Crippen LogP contribution is -2.44. The Kier molecular flexibility index (Phi) is 3.65. The standard InChI is InChI=1S/C12H12O5/c1-8(10(13)14)12(17,11(15)16)7-9-5-3-2-4-6-9/h2-6,17H,1,7H2,(H,13,14)(H,15,16). The molecule has 0 aliphatic rings. The van der Waals surface area contributed by atoms with Crippen molar-refractivity contribution in [2.75, 3.05) is 0 Å². The summed E-state index contributed by atoms with van der Waals surface area (Å²) in [6, 6.07) is 8.27. The molecular weight excluding hydrogens is 224 g/mol. The number of carbonyl (C=O) groups is 2. The van der Waals surface area contributed by atoms with Crippen molar-refractivity contribution < 1.29 is 24.9 Å². The predicted octanol–water partition coefficient (Wildman–Crippen LogP) is 0.686. The maximum absolute atomic E-state index is 11.0. The molecule has 1 rings (SSSR count). The van der Waals surface area contributed by atoms with Crippen LogP contribution in [-0.4, -0.2) is 32.9 Å². The van der Waals surface area contributed by atoms with Gasteiger partial charge < -0.3 is 15.3 Å². The molecule has 0 spiro atoms. The molecular formula is C12H12O5. The second-order valence-corrected chi connectivity index (χ2v) is 3.61. The van der Waals surface area contributed by atoms with Crippen LogP contribution in [0.5, 0.6) is 0 Å². The number of carboxylic acid groups (broad SMARTS) is 2. The van der Waals surface area contributed by atoms with Crippen LogP contribution in [0.2, 0.25) is 0 Å². The fraction of sp³-hybridized carbons (Fsp3) is 0.167. The van der Waals surface area contributed by atoms with Gasteiger partial charge >= 0.3 is 11.9 Å². The fourth-order valence-electron chi connectivity index (χ4n) is 1.38. The van der Waals surface area contributed by atoms with Gasteiger partial charge in [-0.05, 0) is 5.56 Å². The molecule has 0 saturated carbocycles. The zero-order valence-electron chi connectivity index (χ0n) is 8.96. The van der Waals surface area contributed by atoms with Crippen molar-refractivity contribution in [2.45, 2.75) is 12.0 Å². The highest BCUT2D eigenvalue weighted by Crippen LogP contribution is 2.22. The van der Waals surface area contributed by atoms with Gasteiger partial charge in [-0.1, -0.05) is 36.9 Å². The van der Waals surface area contributed by atoms with E-state index in [1.165, 1.54) is 0 Å². The third-order valence-electron chi connectivity index (χ3n) is 2.41. The van der Waals surface area contributed by atoms with Crippen LogP contribution >= 0.6 is 0 Å². The summed E-state index contributed by atoms with van der Waals surface area (Å²) in [5.74, 6) is -3.17. The van der Waals surface area contributed by atoms with E-state index in [2.05, 4.69) is 6.58 Å². The summed E-state index contributed by atoms with van der Waals surface area (Å²) in [7, 11) is 0. The summed E-state index contributed by atoms with van der Waals surface area (Å²) in [4.78, 5) is 21.7. The average Bonchev–Trinajstić information content (AvgIpc) is 2.28. The van der Waals surface area contributed by atoms with E-state index in [9.17, 15) is 14.7 Å². The highest BCUT2D eigenvalue weighted by molar-refractivity contribution is 5.98. The van der Waals surface area contributed by atoms with Crippen molar-refractivity contribution in [3.63, 3.8) is 0 Å². The molecule has 0 aliphatic heterocycles. The number of aliphatic carboxylic acids is 2. The molecule has 0 bridgehead atoms. The fourth-order valence-corrected chi connectivity index (χ4v) is 1.38. The number of rotatable bonds is 5. The van der Waals surface area contributed by atoms with Gasteiger partial charge in [-0.2, -0.15) is 0 Å². The minimum Gasteiger partial charge on any atom is -0.479 e. The molecule has 0 saturated heterocycles. The molecule has 0 aromatic heterocycles. The molecule has 0 fully saturated rings. The van der Waals surface area contributed by atoms with Crippen LogP contribution in [0.15, 0.2) is 42.5 Å². The zero-order valence-corrected chi connectivity index (χ0v) is 8.96. The first-order valence-electron chi connectivity index (χ1n) is 4.80. The van der Waals surface area contributed by atoms with E-state index in [0.29, 0.717) is 5.56 Å². The molecule has 5 heteroatoms. The summed E-state index contributed by atoms with van der Waals surface area (Å²) in [6.07, 6.45) is -0.339. The van der Waals surface area contributed by atoms with Crippen LogP contribution < -0.4 is 0 Å². The smallest absolute Gasteiger partial charge is 0.341 e. The predicted molar refractivity (Wildman–Crippen MR) is 59.5 cm³/mol. The van der Waals surface area contributed by atoms with Gasteiger partial charge in [0.2, 0.25) is 0 Å². The highest BCUT2D eigenvalue weighted by Gasteiger charge is 2.42. The van der Waals surface area contributed by atoms with Gasteiger partial charge in [-0.15, -0.1) is 0 Å². The minimum atomic E-state index is -2.49. The van der Waals surface area contributed by atoms with Gasteiger partial charge in [-0.3, -0.25) is 0 Å². The quantitative estimate of drug-likeness (QED) is 0.654. The van der Waals surface area contributed by atoms with Gasteiger partial charge in [0.1, 0.15) is 0 Å². The Morgan fingerprint density at radius 3 is 2.12 bits per heavy atom. The second kappa shape index (κ2) is 4.80. The zero-order chi connectivity index (χ0) is 13.1. The van der Waals surface area contributed by atoms with E-state index in [1.807, 2.05) is 0 Å². The Balaban J connectivity index is 3.06. The van der Waals surface area contributed by atoms with Crippen molar-refractivity contribution in [3.05, 3.63) is 48.0 Å². The minimum absolute atomic E-state index is 0.339. The number of carboxylic acids is 2. The van der Waals surface area contributed by atoms with Crippen LogP contribution in [0, 0.1) is 0 Å². The highest BCUT2D eigenvalue weighted by atomic mass is 16.4. The van der Waals surface area contributed by atoms with Crippen molar-refractivity contribution in [2.24, 2.45) is 0 Å². The molecule has 1 aromatic rings. The van der Waals surface area contributed by atoms with Crippen LogP contribution in [0.1, 0.15) is 5.56 Å². The SMILES string of the molecule is C=C(C(=O)O)C(O)(Cc1ccccc1)C(=O)O. The van der Waals surface area contributed by atoms with E-state index in [4.69, 9.17) is 10.2 Å². The van der Waals surface area contributed by atoms with E-state index >= 15 is 0 Å². The third kappa shape index (κ3) is 2.70. The first-order chi connectivity index (χ1) is 7.88. The van der Waals surface area contributed by atoms with Gasteiger partial charge in [-0.25, -0.2) is 9.59 Å². The van der Waals surface area contributed by atoms with E-state index in [1.54, 1.807) is 30.3 Å². The van der Waals surface area contributed by atoms with E-state index < -0.39 is 23.1 Å². The molecule has 1 atom stereocenters. The third-order valence-corrected chi connectivity index (χ3v) is 2.41. The lowest BCUT2D eigenvalue weighted by atomic mass is 9.88. The number of benzene rings is 1. The maximum atomic E-state index is 11.0. The van der Waals surface area contributed by atoms with E-state index in [-0.39, 0.29) is 6.42 Å². The molecule has 0 aliphatic carbocycles. The first-order valence-corrected chi connectivity index (χ1v) is 4.80. The second-order valence-electron chi connectivity index (χ2n) is 3.61. The largest absolute Gasteiger partial charge is 0.479 e. The van der Waals surface area contributed by atoms with Crippen molar-refractivity contribution in [1.29, 1.82) is 0 Å². The van der Waals surface area contributed by atoms with Crippen LogP contribution in [0.4, 0.5) is 0 Å². The lowest BCUT2D eigenvalue weighted by Gasteiger charge is -2.23. The van der Waals surface area contributed by atoms with Gasteiger partial charge in [0.15, 0.2) is 5.60 Å². The van der Waals surface area contributed by atoms with Gasteiger partial charge in [0.25, 0.3) is 0 Å². The molecule has 90 valence electrons. The van der Waals surface area contributed by atoms with Crippen LogP contribution in [0.3, 0.4) is 0 Å². The Morgan fingerprint density at radius 2 is 1.71 bits per heavy atom. The maximum Gasteiger partial charge on any atom is 0.341 e. The monoisotopic (exact) mass is 236 g/mol. The molecule has 17 heavy (non-hydrogen) atoms. The topological polar surface area (TPSA) is 94.8 Å². The first kappa shape index (κ1) is 12.9. The number of aliphatic hydroxyl groups is 1. The summed E-state index contributed by atoms with van der Waals surface area (Å²) in [5.41, 5.74) is -2.73. The summed E-state index contributed by atoms with van der Waals surface area (Å²) in [6.45, 7) is 3.11. The molecule has 0 radical (unpaired) electrons. The number of hydrogen-bond acceptors (Lipinski definition) is 3. The average molecular weight is 236 g/mol. The molecule has 1 aromatic carbocycles. The van der Waals surface area contributed by atoms with Crippen LogP contribution in [-0.2, 0) is 16.0 Å². The summed E-state index contributed by atoms with van der Waals surface area (Å²) >= 11 is 0. The van der Waals surface area contributed by atoms with Crippen molar-refractivity contribution >= 4 is 11.9 Å². The Labute approximate surface area is 97.6 Å². The summed E-state index contributed by atoms with van der Waals surface area (Å²) in [5, 5.41) is 27.6. The van der Waals surface area contributed by atoms with Crippen molar-refractivity contribution in [1.82, 2.24) is 0 Å². The molecule has 0 amide bonds.